The maximum Gasteiger partial charge on any atom is 0.332 e. The predicted molar refractivity (Wildman–Crippen MR) is 117 cm³/mol. The summed E-state index contributed by atoms with van der Waals surface area (Å²) in [6, 6.07) is 14.3. The van der Waals surface area contributed by atoms with Crippen LogP contribution >= 0.6 is 0 Å². The van der Waals surface area contributed by atoms with Gasteiger partial charge in [0.25, 0.3) is 5.56 Å². The Morgan fingerprint density at radius 2 is 1.66 bits per heavy atom. The summed E-state index contributed by atoms with van der Waals surface area (Å²) in [5.41, 5.74) is 1.54. The molecule has 0 saturated heterocycles. The zero-order valence-corrected chi connectivity index (χ0v) is 17.3. The summed E-state index contributed by atoms with van der Waals surface area (Å²) in [6.45, 7) is 7.80. The molecule has 0 unspecified atom stereocenters. The van der Waals surface area contributed by atoms with Crippen molar-refractivity contribution in [2.24, 2.45) is 0 Å². The van der Waals surface area contributed by atoms with Gasteiger partial charge in [0.05, 0.1) is 10.9 Å². The maximum atomic E-state index is 13.1. The van der Waals surface area contributed by atoms with Gasteiger partial charge in [0.2, 0.25) is 5.91 Å². The number of nitrogens with one attached hydrogen (secondary N) is 1. The Morgan fingerprint density at radius 3 is 2.28 bits per heavy atom. The van der Waals surface area contributed by atoms with Crippen molar-refractivity contribution < 1.29 is 4.79 Å². The zero-order valence-electron chi connectivity index (χ0n) is 17.3. The molecule has 152 valence electrons. The van der Waals surface area contributed by atoms with Crippen molar-refractivity contribution in [1.29, 1.82) is 0 Å². The first-order valence-corrected chi connectivity index (χ1v) is 9.97. The normalized spacial score (nSPS) is 12.3. The second kappa shape index (κ2) is 8.47. The van der Waals surface area contributed by atoms with E-state index < -0.39 is 5.69 Å². The minimum atomic E-state index is -0.464. The lowest BCUT2D eigenvalue weighted by Gasteiger charge is -2.17. The number of hydrogen-bond acceptors (Lipinski definition) is 3. The van der Waals surface area contributed by atoms with E-state index >= 15 is 0 Å². The van der Waals surface area contributed by atoms with Crippen molar-refractivity contribution in [3.8, 4) is 0 Å². The number of fused-ring (bicyclic) bond motifs is 1. The van der Waals surface area contributed by atoms with Crippen LogP contribution in [0.15, 0.2) is 58.1 Å². The third-order valence-corrected chi connectivity index (χ3v) is 5.28. The summed E-state index contributed by atoms with van der Waals surface area (Å²) in [4.78, 5) is 38.5. The fraction of sp³-hybridized carbons (Fsp3) is 0.348. The Morgan fingerprint density at radius 1 is 1.00 bits per heavy atom. The van der Waals surface area contributed by atoms with Gasteiger partial charge in [-0.25, -0.2) is 4.79 Å². The highest BCUT2D eigenvalue weighted by atomic mass is 16.2. The molecule has 0 aliphatic carbocycles. The van der Waals surface area contributed by atoms with Gasteiger partial charge in [-0.15, -0.1) is 0 Å². The van der Waals surface area contributed by atoms with Gasteiger partial charge in [0.15, 0.2) is 0 Å². The minimum Gasteiger partial charge on any atom is -0.325 e. The molecule has 6 nitrogen and oxygen atoms in total. The van der Waals surface area contributed by atoms with Crippen LogP contribution in [0.2, 0.25) is 0 Å². The number of amides is 1. The molecule has 3 rings (SSSR count). The fourth-order valence-electron chi connectivity index (χ4n) is 3.36. The Labute approximate surface area is 169 Å². The van der Waals surface area contributed by atoms with Crippen molar-refractivity contribution in [3.63, 3.8) is 0 Å². The molecule has 1 amide bonds. The van der Waals surface area contributed by atoms with Crippen LogP contribution < -0.4 is 16.6 Å². The number of rotatable bonds is 6. The molecular weight excluding hydrogens is 366 g/mol. The predicted octanol–water partition coefficient (Wildman–Crippen LogP) is 3.90. The van der Waals surface area contributed by atoms with Crippen LogP contribution in [0.25, 0.3) is 10.9 Å². The maximum absolute atomic E-state index is 13.1. The van der Waals surface area contributed by atoms with E-state index in [9.17, 15) is 14.4 Å². The van der Waals surface area contributed by atoms with Crippen molar-refractivity contribution >= 4 is 22.5 Å². The Balaban J connectivity index is 1.98. The lowest BCUT2D eigenvalue weighted by atomic mass is 10.0. The van der Waals surface area contributed by atoms with Gasteiger partial charge in [-0.05, 0) is 49.1 Å². The Bertz CT molecular complexity index is 1140. The average Bonchev–Trinajstić information content (AvgIpc) is 2.71. The van der Waals surface area contributed by atoms with Gasteiger partial charge in [-0.1, -0.05) is 45.0 Å². The van der Waals surface area contributed by atoms with Crippen LogP contribution in [0.4, 0.5) is 5.69 Å². The third kappa shape index (κ3) is 4.16. The van der Waals surface area contributed by atoms with Crippen LogP contribution in [-0.4, -0.2) is 15.0 Å². The van der Waals surface area contributed by atoms with Crippen molar-refractivity contribution in [1.82, 2.24) is 9.13 Å². The lowest BCUT2D eigenvalue weighted by Crippen LogP contribution is -2.43. The molecule has 0 bridgehead atoms. The number of carbonyl (C=O) groups excluding carboxylic acids is 1. The van der Waals surface area contributed by atoms with Crippen LogP contribution in [0, 0.1) is 0 Å². The first kappa shape index (κ1) is 20.6. The number of aromatic nitrogens is 2. The standard InChI is InChI=1S/C23H27N3O3/c1-5-16(4)26-22(28)19-8-6-7-9-20(19)25(23(26)29)14-21(27)24-18-12-10-17(11-13-18)15(2)3/h6-13,15-16H,5,14H2,1-4H3,(H,24,27)/t16-/m1/s1. The second-order valence-electron chi connectivity index (χ2n) is 7.64. The molecule has 29 heavy (non-hydrogen) atoms. The summed E-state index contributed by atoms with van der Waals surface area (Å²) >= 11 is 0. The molecular formula is C23H27N3O3. The van der Waals surface area contributed by atoms with E-state index in [-0.39, 0.29) is 24.1 Å². The fourth-order valence-corrected chi connectivity index (χ4v) is 3.36. The summed E-state index contributed by atoms with van der Waals surface area (Å²) in [7, 11) is 0. The van der Waals surface area contributed by atoms with Crippen LogP contribution in [0.1, 0.15) is 51.6 Å². The SMILES string of the molecule is CC[C@@H](C)n1c(=O)c2ccccc2n(CC(=O)Nc2ccc(C(C)C)cc2)c1=O. The quantitative estimate of drug-likeness (QED) is 0.690. The van der Waals surface area contributed by atoms with Crippen molar-refractivity contribution in [2.45, 2.75) is 52.6 Å². The van der Waals surface area contributed by atoms with E-state index in [4.69, 9.17) is 0 Å². The topological polar surface area (TPSA) is 73.1 Å². The summed E-state index contributed by atoms with van der Waals surface area (Å²) < 4.78 is 2.62. The van der Waals surface area contributed by atoms with E-state index in [1.165, 1.54) is 14.7 Å². The molecule has 2 aromatic carbocycles. The number of anilines is 1. The Hall–Kier alpha value is -3.15. The number of hydrogen-bond donors (Lipinski definition) is 1. The molecule has 1 N–H and O–H groups in total. The largest absolute Gasteiger partial charge is 0.332 e. The number of benzene rings is 2. The van der Waals surface area contributed by atoms with Crippen molar-refractivity contribution in [3.05, 3.63) is 74.9 Å². The molecule has 1 heterocycles. The van der Waals surface area contributed by atoms with Gasteiger partial charge in [0.1, 0.15) is 6.54 Å². The highest BCUT2D eigenvalue weighted by molar-refractivity contribution is 5.91. The van der Waals surface area contributed by atoms with Gasteiger partial charge in [-0.3, -0.25) is 18.7 Å². The molecule has 0 radical (unpaired) electrons. The highest BCUT2D eigenvalue weighted by Crippen LogP contribution is 2.17. The molecule has 0 aliphatic heterocycles. The third-order valence-electron chi connectivity index (χ3n) is 5.28. The first-order valence-electron chi connectivity index (χ1n) is 9.97. The molecule has 6 heteroatoms. The molecule has 1 atom stereocenters. The molecule has 3 aromatic rings. The molecule has 0 saturated carbocycles. The zero-order chi connectivity index (χ0) is 21.1. The Kier molecular flexibility index (Phi) is 6.01. The molecule has 0 spiro atoms. The van der Waals surface area contributed by atoms with Gasteiger partial charge in [-0.2, -0.15) is 0 Å². The average molecular weight is 393 g/mol. The van der Waals surface area contributed by atoms with E-state index in [0.29, 0.717) is 28.9 Å². The number of para-hydroxylation sites is 1. The van der Waals surface area contributed by atoms with E-state index in [1.807, 2.05) is 38.1 Å². The minimum absolute atomic E-state index is 0.165. The molecule has 0 aliphatic rings. The van der Waals surface area contributed by atoms with Gasteiger partial charge < -0.3 is 5.32 Å². The summed E-state index contributed by atoms with van der Waals surface area (Å²) in [5.74, 6) is 0.0928. The lowest BCUT2D eigenvalue weighted by molar-refractivity contribution is -0.116. The van der Waals surface area contributed by atoms with Gasteiger partial charge in [0, 0.05) is 11.7 Å². The van der Waals surface area contributed by atoms with Gasteiger partial charge >= 0.3 is 5.69 Å². The highest BCUT2D eigenvalue weighted by Gasteiger charge is 2.18. The number of nitrogens with zero attached hydrogens (tertiary/aromatic N) is 2. The van der Waals surface area contributed by atoms with Crippen molar-refractivity contribution in [2.75, 3.05) is 5.32 Å². The number of carbonyl (C=O) groups is 1. The summed E-state index contributed by atoms with van der Waals surface area (Å²) in [6.07, 6.45) is 0.641. The van der Waals surface area contributed by atoms with Crippen LogP contribution in [0.3, 0.4) is 0 Å². The van der Waals surface area contributed by atoms with Crippen LogP contribution in [0.5, 0.6) is 0 Å². The first-order chi connectivity index (χ1) is 13.8. The molecule has 1 aromatic heterocycles. The smallest absolute Gasteiger partial charge is 0.325 e. The van der Waals surface area contributed by atoms with E-state index in [1.54, 1.807) is 24.3 Å². The van der Waals surface area contributed by atoms with Crippen LogP contribution in [-0.2, 0) is 11.3 Å². The summed E-state index contributed by atoms with van der Waals surface area (Å²) in [5, 5.41) is 3.27. The van der Waals surface area contributed by atoms with E-state index in [0.717, 1.165) is 0 Å². The second-order valence-corrected chi connectivity index (χ2v) is 7.64. The molecule has 0 fully saturated rings. The van der Waals surface area contributed by atoms with E-state index in [2.05, 4.69) is 19.2 Å². The monoisotopic (exact) mass is 393 g/mol.